The van der Waals surface area contributed by atoms with Gasteiger partial charge >= 0.3 is 36.4 Å². The van der Waals surface area contributed by atoms with Crippen LogP contribution in [0, 0.1) is 0 Å². The van der Waals surface area contributed by atoms with Crippen LogP contribution in [-0.4, -0.2) is 108 Å². The van der Waals surface area contributed by atoms with Crippen molar-refractivity contribution < 1.29 is 79.0 Å². The molecule has 482 valence electrons. The molecule has 6 aromatic carbocycles. The Bertz CT molecular complexity index is 3930. The molecule has 4 N–H and O–H groups in total. The first-order chi connectivity index (χ1) is 44.4. The lowest BCUT2D eigenvalue weighted by Crippen LogP contribution is -2.38. The van der Waals surface area contributed by atoms with Crippen LogP contribution in [0.3, 0.4) is 0 Å². The van der Waals surface area contributed by atoms with Gasteiger partial charge in [-0.15, -0.1) is 0 Å². The van der Waals surface area contributed by atoms with E-state index in [9.17, 15) is 74.3 Å². The van der Waals surface area contributed by atoms with Crippen LogP contribution < -0.4 is 31.1 Å². The predicted molar refractivity (Wildman–Crippen MR) is 329 cm³/mol. The standard InChI is InChI=1S/C68H62F6N8O11/c69-67(70,71)39-81-61(87)53-29-23-49(35-55(53)63(81)89)77-65(91)79(51-25-19-45(20-26-51)43-7-3-1-4-8-43)37-41-11-15-47(16-12-41)59(85)75-33-31-57(83)93-58(84)32-34-76-60(86)48-17-13-42(14-18-48)38-80(52-27-21-46(22-28-52)44-9-5-2-6-10-44)66(92)78-50-24-30-54-56(36-50)64(90)82(62(54)88)40-68(72,73)74/h7,11-30,35-36,44H,1-6,8-10,31-34,37-40H2,(H,75,85)(H,76,86)(H,77,91)(H,78,92). The molecule has 2 heterocycles. The van der Waals surface area contributed by atoms with Crippen molar-refractivity contribution in [3.05, 3.63) is 195 Å². The molecule has 93 heavy (non-hydrogen) atoms. The summed E-state index contributed by atoms with van der Waals surface area (Å²) in [5.41, 5.74) is 4.82. The van der Waals surface area contributed by atoms with Crippen molar-refractivity contribution in [1.29, 1.82) is 0 Å². The van der Waals surface area contributed by atoms with E-state index in [0.717, 1.165) is 74.6 Å². The molecule has 0 atom stereocenters. The molecule has 6 aromatic rings. The Balaban J connectivity index is 0.693. The van der Waals surface area contributed by atoms with E-state index in [1.807, 2.05) is 24.3 Å². The Hall–Kier alpha value is -10.5. The van der Waals surface area contributed by atoms with E-state index < -0.39 is 84.9 Å². The van der Waals surface area contributed by atoms with Crippen molar-refractivity contribution >= 4 is 87.8 Å². The number of benzene rings is 6. The number of urea groups is 2. The monoisotopic (exact) mass is 1280 g/mol. The van der Waals surface area contributed by atoms with Crippen LogP contribution in [0.4, 0.5) is 58.7 Å². The lowest BCUT2D eigenvalue weighted by atomic mass is 9.84. The maximum atomic E-state index is 14.1. The molecule has 25 heteroatoms. The zero-order valence-corrected chi connectivity index (χ0v) is 49.9. The molecular weight excluding hydrogens is 1220 g/mol. The van der Waals surface area contributed by atoms with Crippen LogP contribution >= 0.6 is 0 Å². The quantitative estimate of drug-likeness (QED) is 0.0242. The largest absolute Gasteiger partial charge is 0.406 e. The second kappa shape index (κ2) is 28.4. The van der Waals surface area contributed by atoms with Crippen molar-refractivity contribution in [1.82, 2.24) is 20.4 Å². The molecule has 2 aliphatic heterocycles. The van der Waals surface area contributed by atoms with E-state index >= 15 is 0 Å². The Morgan fingerprint density at radius 1 is 0.495 bits per heavy atom. The first-order valence-electron chi connectivity index (χ1n) is 30.1. The number of rotatable bonds is 20. The van der Waals surface area contributed by atoms with Crippen LogP contribution in [0.1, 0.15) is 161 Å². The summed E-state index contributed by atoms with van der Waals surface area (Å²) in [6.07, 6.45) is 1.23. The Morgan fingerprint density at radius 2 is 0.925 bits per heavy atom. The van der Waals surface area contributed by atoms with Crippen molar-refractivity contribution in [2.24, 2.45) is 0 Å². The van der Waals surface area contributed by atoms with Crippen LogP contribution in [0.5, 0.6) is 0 Å². The number of amides is 10. The normalized spacial score (nSPS) is 14.8. The van der Waals surface area contributed by atoms with Crippen LogP contribution in [0.2, 0.25) is 0 Å². The number of carbonyl (C=O) groups excluding carboxylic acids is 10. The fraction of sp³-hybridized carbons (Fsp3) is 0.294. The van der Waals surface area contributed by atoms with Crippen molar-refractivity contribution in [3.8, 4) is 0 Å². The number of fused-ring (bicyclic) bond motifs is 2. The van der Waals surface area contributed by atoms with Gasteiger partial charge in [0.25, 0.3) is 35.4 Å². The van der Waals surface area contributed by atoms with Gasteiger partial charge in [-0.05, 0) is 157 Å². The molecule has 0 radical (unpaired) electrons. The number of esters is 2. The van der Waals surface area contributed by atoms with E-state index in [1.165, 1.54) is 70.3 Å². The number of anilines is 4. The highest BCUT2D eigenvalue weighted by Gasteiger charge is 2.44. The van der Waals surface area contributed by atoms with E-state index in [4.69, 9.17) is 4.74 Å². The molecular formula is C68H62F6N8O11. The highest BCUT2D eigenvalue weighted by molar-refractivity contribution is 6.23. The number of carbonyl (C=O) groups is 10. The molecule has 0 aromatic heterocycles. The first kappa shape index (κ1) is 65.5. The van der Waals surface area contributed by atoms with Crippen molar-refractivity contribution in [2.45, 2.75) is 102 Å². The average Bonchev–Trinajstić information content (AvgIpc) is 1.63. The zero-order chi connectivity index (χ0) is 66.1. The number of hydrogen-bond acceptors (Lipinski definition) is 11. The fourth-order valence-corrected chi connectivity index (χ4v) is 11.5. The summed E-state index contributed by atoms with van der Waals surface area (Å²) in [6.45, 7) is -4.03. The maximum absolute atomic E-state index is 14.1. The molecule has 0 saturated heterocycles. The van der Waals surface area contributed by atoms with Gasteiger partial charge in [0.2, 0.25) is 0 Å². The Labute approximate surface area is 529 Å². The molecule has 0 unspecified atom stereocenters. The molecule has 10 amide bonds. The second-order valence-electron chi connectivity index (χ2n) is 22.9. The molecule has 1 saturated carbocycles. The van der Waals surface area contributed by atoms with E-state index in [0.29, 0.717) is 28.4 Å². The van der Waals surface area contributed by atoms with Gasteiger partial charge in [-0.25, -0.2) is 9.59 Å². The smallest absolute Gasteiger partial charge is 0.393 e. The fourth-order valence-electron chi connectivity index (χ4n) is 11.5. The lowest BCUT2D eigenvalue weighted by Gasteiger charge is -2.26. The lowest BCUT2D eigenvalue weighted by molar-refractivity contribution is -0.159. The number of alkyl halides is 6. The number of imide groups is 2. The van der Waals surface area contributed by atoms with Gasteiger partial charge in [-0.3, -0.25) is 58.0 Å². The minimum Gasteiger partial charge on any atom is -0.393 e. The molecule has 19 nitrogen and oxygen atoms in total. The zero-order valence-electron chi connectivity index (χ0n) is 49.9. The maximum Gasteiger partial charge on any atom is 0.406 e. The van der Waals surface area contributed by atoms with Crippen molar-refractivity contribution in [2.75, 3.05) is 46.6 Å². The van der Waals surface area contributed by atoms with Gasteiger partial charge in [0.15, 0.2) is 0 Å². The van der Waals surface area contributed by atoms with Gasteiger partial charge in [-0.1, -0.05) is 73.9 Å². The van der Waals surface area contributed by atoms with Gasteiger partial charge < -0.3 is 26.0 Å². The third kappa shape index (κ3) is 16.4. The van der Waals surface area contributed by atoms with Gasteiger partial charge in [0.1, 0.15) is 13.1 Å². The average molecular weight is 1280 g/mol. The number of allylic oxidation sites excluding steroid dienone is 2. The SMILES string of the molecule is O=C(CCNC(=O)c1ccc(CN(C(=O)Nc2ccc3c(c2)C(=O)N(CC(F)(F)F)C3=O)c2ccc(C3=CCCCC3)cc2)cc1)OC(=O)CCNC(=O)c1ccc(CN(C(=O)Nc2ccc3c(c2)C(=O)N(CC(F)(F)F)C3=O)c2ccc(C3CCCCC3)cc2)cc1. The Morgan fingerprint density at radius 3 is 1.34 bits per heavy atom. The number of nitrogens with one attached hydrogen (secondary N) is 4. The molecule has 4 aliphatic rings. The molecule has 0 bridgehead atoms. The third-order valence-electron chi connectivity index (χ3n) is 16.3. The summed E-state index contributed by atoms with van der Waals surface area (Å²) < 4.78 is 84.1. The topological polar surface area (TPSA) is 241 Å². The third-order valence-corrected chi connectivity index (χ3v) is 16.3. The number of hydrogen-bond donors (Lipinski definition) is 4. The van der Waals surface area contributed by atoms with E-state index in [2.05, 4.69) is 27.3 Å². The molecule has 10 rings (SSSR count). The minimum absolute atomic E-state index is 0.0300. The molecule has 0 spiro atoms. The molecule has 2 aliphatic carbocycles. The number of ether oxygens (including phenoxy) is 1. The van der Waals surface area contributed by atoms with Gasteiger partial charge in [0.05, 0.1) is 48.2 Å². The minimum atomic E-state index is -4.82. The second-order valence-corrected chi connectivity index (χ2v) is 22.9. The summed E-state index contributed by atoms with van der Waals surface area (Å²) >= 11 is 0. The van der Waals surface area contributed by atoms with Crippen LogP contribution in [-0.2, 0) is 27.4 Å². The van der Waals surface area contributed by atoms with Gasteiger partial charge in [0, 0.05) is 47.0 Å². The summed E-state index contributed by atoms with van der Waals surface area (Å²) in [6, 6.07) is 33.2. The molecule has 1 fully saturated rings. The van der Waals surface area contributed by atoms with Crippen LogP contribution in [0.15, 0.2) is 140 Å². The predicted octanol–water partition coefficient (Wildman–Crippen LogP) is 12.5. The van der Waals surface area contributed by atoms with E-state index in [1.54, 1.807) is 48.5 Å². The van der Waals surface area contributed by atoms with Gasteiger partial charge in [-0.2, -0.15) is 26.3 Å². The summed E-state index contributed by atoms with van der Waals surface area (Å²) in [4.78, 5) is 134. The van der Waals surface area contributed by atoms with E-state index in [-0.39, 0.29) is 93.6 Å². The highest BCUT2D eigenvalue weighted by atomic mass is 19.4. The Kier molecular flexibility index (Phi) is 20.0. The number of nitrogens with zero attached hydrogens (tertiary/aromatic N) is 4. The summed E-state index contributed by atoms with van der Waals surface area (Å²) in [5, 5.41) is 10.6. The summed E-state index contributed by atoms with van der Waals surface area (Å²) in [7, 11) is 0. The first-order valence-corrected chi connectivity index (χ1v) is 30.1. The highest BCUT2D eigenvalue weighted by Crippen LogP contribution is 2.36. The van der Waals surface area contributed by atoms with Crippen LogP contribution in [0.25, 0.3) is 5.57 Å². The van der Waals surface area contributed by atoms with Crippen molar-refractivity contribution in [3.63, 3.8) is 0 Å². The summed E-state index contributed by atoms with van der Waals surface area (Å²) in [5.74, 6) is -7.15. The number of halogens is 6.